The predicted octanol–water partition coefficient (Wildman–Crippen LogP) is 2.75. The van der Waals surface area contributed by atoms with Crippen molar-refractivity contribution in [2.75, 3.05) is 39.2 Å². The third kappa shape index (κ3) is 4.48. The number of aryl methyl sites for hydroxylation is 1. The number of hydrogen-bond donors (Lipinski definition) is 1. The van der Waals surface area contributed by atoms with Crippen LogP contribution < -0.4 is 13.8 Å². The molecule has 0 aliphatic carbocycles. The molecule has 45 heavy (non-hydrogen) atoms. The van der Waals surface area contributed by atoms with Gasteiger partial charge in [0.15, 0.2) is 5.54 Å². The molecule has 4 aromatic rings. The number of nitrogens with zero attached hydrogens (tertiary/aromatic N) is 5. The van der Waals surface area contributed by atoms with Crippen molar-refractivity contribution in [2.45, 2.75) is 29.0 Å². The average molecular weight is 654 g/mol. The number of carbonyl (C=O) groups excluding carboxylic acids is 2. The molecule has 6 rings (SSSR count). The van der Waals surface area contributed by atoms with Crippen molar-refractivity contribution in [1.29, 1.82) is 0 Å². The van der Waals surface area contributed by atoms with Crippen molar-refractivity contribution in [3.63, 3.8) is 0 Å². The number of imidazole rings is 1. The summed E-state index contributed by atoms with van der Waals surface area (Å²) >= 11 is 6.57. The van der Waals surface area contributed by atoms with E-state index in [1.54, 1.807) is 42.7 Å². The first-order valence-corrected chi connectivity index (χ1v) is 15.9. The zero-order chi connectivity index (χ0) is 32.4. The molecule has 0 saturated carbocycles. The molecule has 3 heterocycles. The number of halogens is 1. The summed E-state index contributed by atoms with van der Waals surface area (Å²) in [6, 6.07) is 14.9. The first-order valence-electron chi connectivity index (χ1n) is 14.1. The van der Waals surface area contributed by atoms with Crippen LogP contribution in [0.25, 0.3) is 11.0 Å². The molecule has 0 bridgehead atoms. The topological polar surface area (TPSA) is 135 Å². The summed E-state index contributed by atoms with van der Waals surface area (Å²) in [6.07, 6.45) is -0.974. The Hall–Kier alpha value is -4.17. The van der Waals surface area contributed by atoms with Crippen LogP contribution in [0.3, 0.4) is 0 Å². The van der Waals surface area contributed by atoms with Gasteiger partial charge in [-0.1, -0.05) is 23.7 Å². The van der Waals surface area contributed by atoms with Gasteiger partial charge in [0.25, 0.3) is 15.9 Å². The van der Waals surface area contributed by atoms with E-state index in [4.69, 9.17) is 26.1 Å². The number of carbonyl (C=O) groups is 2. The van der Waals surface area contributed by atoms with Gasteiger partial charge >= 0.3 is 0 Å². The van der Waals surface area contributed by atoms with Gasteiger partial charge in [-0.25, -0.2) is 17.7 Å². The zero-order valence-electron chi connectivity index (χ0n) is 25.3. The van der Waals surface area contributed by atoms with Crippen LogP contribution in [0.5, 0.6) is 11.5 Å². The fourth-order valence-electron chi connectivity index (χ4n) is 6.48. The molecule has 1 N–H and O–H groups in total. The SMILES string of the molecule is COc1ccc(S(=O)(=O)N2C(=O)C(c3nc4ccccc4n3C)(N3C[C@H](O)C[C@H]3C(=O)N(C)C)c3cc(Cl)ccc32)c(OC)c1. The number of β-amino-alcohol motifs (C(OH)–C–C–N with tert-alkyl or cyclic N) is 1. The number of hydrogen-bond acceptors (Lipinski definition) is 9. The number of rotatable bonds is 7. The molecule has 236 valence electrons. The Morgan fingerprint density at radius 2 is 1.82 bits per heavy atom. The minimum absolute atomic E-state index is 0.0188. The number of likely N-dealkylation sites (tertiary alicyclic amines) is 1. The maximum atomic E-state index is 15.3. The smallest absolute Gasteiger partial charge is 0.274 e. The molecular weight excluding hydrogens is 622 g/mol. The minimum atomic E-state index is -4.66. The number of fused-ring (bicyclic) bond motifs is 2. The third-order valence-electron chi connectivity index (χ3n) is 8.50. The molecule has 1 aromatic heterocycles. The number of aromatic nitrogens is 2. The number of methoxy groups -OCH3 is 2. The van der Waals surface area contributed by atoms with Gasteiger partial charge in [-0.2, -0.15) is 0 Å². The van der Waals surface area contributed by atoms with E-state index < -0.39 is 33.6 Å². The first kappa shape index (κ1) is 30.8. The lowest BCUT2D eigenvalue weighted by Gasteiger charge is -2.40. The first-order chi connectivity index (χ1) is 21.4. The molecule has 3 aromatic carbocycles. The summed E-state index contributed by atoms with van der Waals surface area (Å²) in [4.78, 5) is 36.6. The zero-order valence-corrected chi connectivity index (χ0v) is 26.8. The van der Waals surface area contributed by atoms with Crippen LogP contribution in [-0.2, 0) is 32.2 Å². The van der Waals surface area contributed by atoms with Crippen LogP contribution >= 0.6 is 11.6 Å². The van der Waals surface area contributed by atoms with Gasteiger partial charge in [0, 0.05) is 44.3 Å². The molecular formula is C31H32ClN5O7S. The van der Waals surface area contributed by atoms with Crippen LogP contribution in [0.1, 0.15) is 17.8 Å². The highest BCUT2D eigenvalue weighted by atomic mass is 35.5. The standard InChI is InChI=1S/C31H32ClN5O7S/c1-34(2)28(39)25-15-19(38)17-36(25)31(29-33-22-8-6-7-9-24(22)35(29)3)21-14-18(32)10-12-23(21)37(30(31)40)45(41,42)27-13-11-20(43-4)16-26(27)44-5/h6-14,16,19,25,38H,15,17H2,1-5H3/t19-,25+,31?/m1/s1. The number of sulfonamides is 1. The van der Waals surface area contributed by atoms with Crippen LogP contribution in [-0.4, -0.2) is 91.7 Å². The Kier molecular flexibility index (Phi) is 7.55. The van der Waals surface area contributed by atoms with E-state index in [1.807, 2.05) is 12.1 Å². The van der Waals surface area contributed by atoms with E-state index in [1.165, 1.54) is 55.5 Å². The molecule has 2 aliphatic rings. The Morgan fingerprint density at radius 3 is 2.49 bits per heavy atom. The number of likely N-dealkylation sites (N-methyl/N-ethyl adjacent to an activating group) is 1. The average Bonchev–Trinajstić information content (AvgIpc) is 3.65. The monoisotopic (exact) mass is 653 g/mol. The number of aliphatic hydroxyl groups is 1. The number of anilines is 1. The van der Waals surface area contributed by atoms with Crippen LogP contribution in [0.4, 0.5) is 5.69 Å². The summed E-state index contributed by atoms with van der Waals surface area (Å²) in [7, 11) is 2.99. The molecule has 1 unspecified atom stereocenters. The third-order valence-corrected chi connectivity index (χ3v) is 10.5. The van der Waals surface area contributed by atoms with E-state index in [-0.39, 0.29) is 51.6 Å². The summed E-state index contributed by atoms with van der Waals surface area (Å²) < 4.78 is 42.4. The number of aliphatic hydroxyl groups excluding tert-OH is 1. The second-order valence-corrected chi connectivity index (χ2v) is 13.4. The Morgan fingerprint density at radius 1 is 1.09 bits per heavy atom. The normalized spacial score (nSPS) is 21.8. The van der Waals surface area contributed by atoms with Crippen molar-refractivity contribution in [3.05, 3.63) is 77.1 Å². The Balaban J connectivity index is 1.70. The van der Waals surface area contributed by atoms with E-state index in [9.17, 15) is 18.3 Å². The lowest BCUT2D eigenvalue weighted by atomic mass is 9.87. The largest absolute Gasteiger partial charge is 0.497 e. The number of ether oxygens (including phenoxy) is 2. The van der Waals surface area contributed by atoms with Gasteiger partial charge in [0.05, 0.1) is 43.1 Å². The summed E-state index contributed by atoms with van der Waals surface area (Å²) in [5.41, 5.74) is -0.517. The number of para-hydroxylation sites is 2. The van der Waals surface area contributed by atoms with Gasteiger partial charge in [-0.15, -0.1) is 0 Å². The van der Waals surface area contributed by atoms with Crippen molar-refractivity contribution in [2.24, 2.45) is 7.05 Å². The predicted molar refractivity (Wildman–Crippen MR) is 167 cm³/mol. The Labute approximate surface area is 265 Å². The van der Waals surface area contributed by atoms with E-state index in [2.05, 4.69) is 0 Å². The van der Waals surface area contributed by atoms with Crippen LogP contribution in [0, 0.1) is 0 Å². The molecule has 14 heteroatoms. The molecule has 0 spiro atoms. The molecule has 12 nitrogen and oxygen atoms in total. The fourth-order valence-corrected chi connectivity index (χ4v) is 8.25. The van der Waals surface area contributed by atoms with Crippen LogP contribution in [0.2, 0.25) is 5.02 Å². The van der Waals surface area contributed by atoms with Gasteiger partial charge in [0.1, 0.15) is 22.2 Å². The second kappa shape index (κ2) is 11.0. The van der Waals surface area contributed by atoms with Crippen molar-refractivity contribution in [1.82, 2.24) is 19.4 Å². The molecule has 1 fully saturated rings. The van der Waals surface area contributed by atoms with Gasteiger partial charge in [0.2, 0.25) is 5.91 Å². The van der Waals surface area contributed by atoms with E-state index in [0.29, 0.717) is 16.8 Å². The highest BCUT2D eigenvalue weighted by Crippen LogP contribution is 2.53. The summed E-state index contributed by atoms with van der Waals surface area (Å²) in [5.74, 6) is -0.769. The van der Waals surface area contributed by atoms with Crippen molar-refractivity contribution < 1.29 is 32.6 Å². The Bertz CT molecular complexity index is 1960. The fraction of sp³-hybridized carbons (Fsp3) is 0.323. The lowest BCUT2D eigenvalue weighted by molar-refractivity contribution is -0.138. The maximum absolute atomic E-state index is 15.3. The lowest BCUT2D eigenvalue weighted by Crippen LogP contribution is -2.60. The highest BCUT2D eigenvalue weighted by molar-refractivity contribution is 7.93. The maximum Gasteiger partial charge on any atom is 0.274 e. The minimum Gasteiger partial charge on any atom is -0.497 e. The number of benzene rings is 3. The quantitative estimate of drug-likeness (QED) is 0.320. The second-order valence-electron chi connectivity index (χ2n) is 11.2. The van der Waals surface area contributed by atoms with Gasteiger partial charge < -0.3 is 24.0 Å². The number of amides is 2. The van der Waals surface area contributed by atoms with E-state index in [0.717, 1.165) is 4.31 Å². The van der Waals surface area contributed by atoms with Crippen molar-refractivity contribution in [3.8, 4) is 11.5 Å². The molecule has 1 saturated heterocycles. The molecule has 0 radical (unpaired) electrons. The molecule has 2 amide bonds. The highest BCUT2D eigenvalue weighted by Gasteiger charge is 2.65. The van der Waals surface area contributed by atoms with E-state index >= 15 is 4.79 Å². The molecule has 2 aliphatic heterocycles. The summed E-state index contributed by atoms with van der Waals surface area (Å²) in [6.45, 7) is -0.120. The van der Waals surface area contributed by atoms with Crippen LogP contribution in [0.15, 0.2) is 65.6 Å². The van der Waals surface area contributed by atoms with Crippen molar-refractivity contribution >= 4 is 50.2 Å². The van der Waals surface area contributed by atoms with Gasteiger partial charge in [-0.05, 0) is 48.9 Å². The summed E-state index contributed by atoms with van der Waals surface area (Å²) in [5, 5.41) is 11.2. The van der Waals surface area contributed by atoms with Gasteiger partial charge in [-0.3, -0.25) is 14.5 Å². The molecule has 3 atom stereocenters.